The summed E-state index contributed by atoms with van der Waals surface area (Å²) in [7, 11) is 0. The molecule has 0 bridgehead atoms. The van der Waals surface area contributed by atoms with Crippen LogP contribution in [-0.2, 0) is 4.79 Å². The third kappa shape index (κ3) is 2.16. The van der Waals surface area contributed by atoms with Crippen LogP contribution in [0.1, 0.15) is 44.1 Å². The Morgan fingerprint density at radius 2 is 2.00 bits per heavy atom. The zero-order valence-corrected chi connectivity index (χ0v) is 11.0. The largest absolute Gasteiger partial charge is 0.340 e. The number of nitrogens with zero attached hydrogens (tertiary/aromatic N) is 1. The molecule has 0 unspecified atom stereocenters. The minimum Gasteiger partial charge on any atom is -0.340 e. The number of likely N-dealkylation sites (tertiary alicyclic amines) is 1. The molecule has 0 N–H and O–H groups in total. The number of hydrogen-bond donors (Lipinski definition) is 0. The van der Waals surface area contributed by atoms with Crippen LogP contribution in [0.2, 0.25) is 0 Å². The molecule has 1 aliphatic heterocycles. The molecule has 1 amide bonds. The minimum atomic E-state index is 0.257. The van der Waals surface area contributed by atoms with E-state index < -0.39 is 0 Å². The van der Waals surface area contributed by atoms with E-state index in [2.05, 4.69) is 36.1 Å². The quantitative estimate of drug-likeness (QED) is 0.781. The zero-order valence-electron chi connectivity index (χ0n) is 11.0. The molecule has 1 aromatic carbocycles. The SMILES string of the molecule is C[C@H]1CCCCN1C(=O)[C@@H]1C[C@@H]1c1ccccc1. The van der Waals surface area contributed by atoms with Crippen molar-refractivity contribution in [3.05, 3.63) is 35.9 Å². The molecule has 96 valence electrons. The van der Waals surface area contributed by atoms with Crippen molar-refractivity contribution < 1.29 is 4.79 Å². The molecule has 18 heavy (non-hydrogen) atoms. The molecule has 1 saturated heterocycles. The van der Waals surface area contributed by atoms with Gasteiger partial charge in [0.1, 0.15) is 0 Å². The molecule has 2 heteroatoms. The van der Waals surface area contributed by atoms with Gasteiger partial charge >= 0.3 is 0 Å². The zero-order chi connectivity index (χ0) is 12.5. The molecule has 1 heterocycles. The van der Waals surface area contributed by atoms with Gasteiger partial charge in [0, 0.05) is 18.5 Å². The lowest BCUT2D eigenvalue weighted by Gasteiger charge is -2.33. The normalized spacial score (nSPS) is 31.2. The van der Waals surface area contributed by atoms with Gasteiger partial charge in [-0.25, -0.2) is 0 Å². The second kappa shape index (κ2) is 4.75. The highest BCUT2D eigenvalue weighted by molar-refractivity contribution is 5.83. The summed E-state index contributed by atoms with van der Waals surface area (Å²) in [5.74, 6) is 1.14. The summed E-state index contributed by atoms with van der Waals surface area (Å²) in [4.78, 5) is 14.6. The van der Waals surface area contributed by atoms with E-state index >= 15 is 0 Å². The number of hydrogen-bond acceptors (Lipinski definition) is 1. The maximum Gasteiger partial charge on any atom is 0.226 e. The van der Waals surface area contributed by atoms with Gasteiger partial charge in [-0.15, -0.1) is 0 Å². The molecule has 1 saturated carbocycles. The Morgan fingerprint density at radius 1 is 1.22 bits per heavy atom. The molecular formula is C16H21NO. The highest BCUT2D eigenvalue weighted by atomic mass is 16.2. The average molecular weight is 243 g/mol. The Bertz CT molecular complexity index is 428. The van der Waals surface area contributed by atoms with Crippen LogP contribution in [0, 0.1) is 5.92 Å². The Labute approximate surface area is 109 Å². The van der Waals surface area contributed by atoms with Crippen molar-refractivity contribution in [2.24, 2.45) is 5.92 Å². The van der Waals surface area contributed by atoms with Crippen LogP contribution in [0.15, 0.2) is 30.3 Å². The van der Waals surface area contributed by atoms with Gasteiger partial charge in [0.15, 0.2) is 0 Å². The van der Waals surface area contributed by atoms with Gasteiger partial charge in [0.25, 0.3) is 0 Å². The van der Waals surface area contributed by atoms with Crippen LogP contribution >= 0.6 is 0 Å². The number of piperidine rings is 1. The Hall–Kier alpha value is -1.31. The van der Waals surface area contributed by atoms with Gasteiger partial charge in [0.2, 0.25) is 5.91 Å². The molecule has 2 nitrogen and oxygen atoms in total. The number of benzene rings is 1. The highest BCUT2D eigenvalue weighted by Gasteiger charge is 2.46. The van der Waals surface area contributed by atoms with Gasteiger partial charge in [-0.1, -0.05) is 30.3 Å². The summed E-state index contributed by atoms with van der Waals surface area (Å²) < 4.78 is 0. The van der Waals surface area contributed by atoms with E-state index in [0.717, 1.165) is 13.0 Å². The smallest absolute Gasteiger partial charge is 0.226 e. The summed E-state index contributed by atoms with van der Waals surface area (Å²) in [6.45, 7) is 3.16. The van der Waals surface area contributed by atoms with Crippen molar-refractivity contribution in [1.82, 2.24) is 4.90 Å². The van der Waals surface area contributed by atoms with Crippen molar-refractivity contribution in [2.45, 2.75) is 44.6 Å². The molecule has 0 spiro atoms. The fourth-order valence-electron chi connectivity index (χ4n) is 3.18. The second-order valence-electron chi connectivity index (χ2n) is 5.74. The number of amides is 1. The van der Waals surface area contributed by atoms with Crippen LogP contribution in [0.3, 0.4) is 0 Å². The van der Waals surface area contributed by atoms with Crippen LogP contribution in [0.5, 0.6) is 0 Å². The first-order valence-electron chi connectivity index (χ1n) is 7.13. The molecular weight excluding hydrogens is 222 g/mol. The van der Waals surface area contributed by atoms with E-state index in [9.17, 15) is 4.79 Å². The van der Waals surface area contributed by atoms with Gasteiger partial charge in [0.05, 0.1) is 0 Å². The third-order valence-electron chi connectivity index (χ3n) is 4.42. The van der Waals surface area contributed by atoms with E-state index in [-0.39, 0.29) is 5.92 Å². The summed E-state index contributed by atoms with van der Waals surface area (Å²) in [6.07, 6.45) is 4.68. The second-order valence-corrected chi connectivity index (χ2v) is 5.74. The first kappa shape index (κ1) is 11.8. The summed E-state index contributed by atoms with van der Waals surface area (Å²) >= 11 is 0. The minimum absolute atomic E-state index is 0.257. The Balaban J connectivity index is 1.65. The van der Waals surface area contributed by atoms with E-state index in [4.69, 9.17) is 0 Å². The topological polar surface area (TPSA) is 20.3 Å². The van der Waals surface area contributed by atoms with E-state index in [0.29, 0.717) is 17.9 Å². The first-order chi connectivity index (χ1) is 8.77. The highest BCUT2D eigenvalue weighted by Crippen LogP contribution is 2.48. The lowest BCUT2D eigenvalue weighted by molar-refractivity contribution is -0.135. The molecule has 1 aliphatic carbocycles. The number of carbonyl (C=O) groups is 1. The van der Waals surface area contributed by atoms with E-state index in [1.165, 1.54) is 24.8 Å². The van der Waals surface area contributed by atoms with Crippen molar-refractivity contribution >= 4 is 5.91 Å². The predicted molar refractivity (Wildman–Crippen MR) is 72.3 cm³/mol. The fraction of sp³-hybridized carbons (Fsp3) is 0.562. The predicted octanol–water partition coefficient (Wildman–Crippen LogP) is 3.19. The van der Waals surface area contributed by atoms with Crippen LogP contribution < -0.4 is 0 Å². The molecule has 2 fully saturated rings. The molecule has 0 aromatic heterocycles. The lowest BCUT2D eigenvalue weighted by Crippen LogP contribution is -2.43. The van der Waals surface area contributed by atoms with Crippen LogP contribution in [-0.4, -0.2) is 23.4 Å². The first-order valence-corrected chi connectivity index (χ1v) is 7.13. The van der Waals surface area contributed by atoms with Crippen molar-refractivity contribution in [3.8, 4) is 0 Å². The van der Waals surface area contributed by atoms with Crippen molar-refractivity contribution in [2.75, 3.05) is 6.54 Å². The van der Waals surface area contributed by atoms with Crippen molar-refractivity contribution in [3.63, 3.8) is 0 Å². The monoisotopic (exact) mass is 243 g/mol. The Morgan fingerprint density at radius 3 is 2.72 bits per heavy atom. The summed E-state index contributed by atoms with van der Waals surface area (Å²) in [5, 5.41) is 0. The fourth-order valence-corrected chi connectivity index (χ4v) is 3.18. The molecule has 3 rings (SSSR count). The van der Waals surface area contributed by atoms with Gasteiger partial charge in [-0.2, -0.15) is 0 Å². The maximum absolute atomic E-state index is 12.5. The van der Waals surface area contributed by atoms with E-state index in [1.54, 1.807) is 0 Å². The molecule has 2 aliphatic rings. The third-order valence-corrected chi connectivity index (χ3v) is 4.42. The maximum atomic E-state index is 12.5. The van der Waals surface area contributed by atoms with Crippen LogP contribution in [0.25, 0.3) is 0 Å². The lowest BCUT2D eigenvalue weighted by atomic mass is 10.0. The number of carbonyl (C=O) groups excluding carboxylic acids is 1. The van der Waals surface area contributed by atoms with Crippen LogP contribution in [0.4, 0.5) is 0 Å². The Kier molecular flexibility index (Phi) is 3.11. The molecule has 3 atom stereocenters. The molecule has 0 radical (unpaired) electrons. The summed E-state index contributed by atoms with van der Waals surface area (Å²) in [5.41, 5.74) is 1.33. The molecule has 1 aromatic rings. The van der Waals surface area contributed by atoms with Gasteiger partial charge in [-0.3, -0.25) is 4.79 Å². The van der Waals surface area contributed by atoms with Crippen molar-refractivity contribution in [1.29, 1.82) is 0 Å². The summed E-state index contributed by atoms with van der Waals surface area (Å²) in [6, 6.07) is 10.9. The van der Waals surface area contributed by atoms with Gasteiger partial charge < -0.3 is 4.90 Å². The average Bonchev–Trinajstić information content (AvgIpc) is 3.20. The number of rotatable bonds is 2. The van der Waals surface area contributed by atoms with E-state index in [1.807, 2.05) is 6.07 Å². The van der Waals surface area contributed by atoms with Gasteiger partial charge in [-0.05, 0) is 44.1 Å². The standard InChI is InChI=1S/C16H21NO/c1-12-7-5-6-10-17(12)16(18)15-11-14(15)13-8-3-2-4-9-13/h2-4,8-9,12,14-15H,5-7,10-11H2,1H3/t12-,14+,15+/m0/s1.